The van der Waals surface area contributed by atoms with Gasteiger partial charge in [0.15, 0.2) is 0 Å². The maximum Gasteiger partial charge on any atom is 0.303 e. The highest BCUT2D eigenvalue weighted by Crippen LogP contribution is 2.11. The number of aliphatic carboxylic acids is 1. The summed E-state index contributed by atoms with van der Waals surface area (Å²) in [6, 6.07) is 0. The van der Waals surface area contributed by atoms with E-state index < -0.39 is 17.8 Å². The normalized spacial score (nSPS) is 15.5. The first-order valence-corrected chi connectivity index (χ1v) is 3.87. The van der Waals surface area contributed by atoms with Crippen LogP contribution >= 0.6 is 0 Å². The highest BCUT2D eigenvalue weighted by molar-refractivity contribution is 6.16. The number of hydrogen-bond donors (Lipinski definition) is 2. The number of nitrogens with one attached hydrogen (secondary N) is 1. The van der Waals surface area contributed by atoms with Crippen LogP contribution in [0.4, 0.5) is 0 Å². The third kappa shape index (κ3) is 2.70. The number of carbonyl (C=O) groups excluding carboxylic acids is 2. The molecule has 0 fully saturated rings. The van der Waals surface area contributed by atoms with Crippen LogP contribution in [-0.2, 0) is 14.4 Å². The van der Waals surface area contributed by atoms with Crippen molar-refractivity contribution in [3.05, 3.63) is 11.6 Å². The molecule has 0 aliphatic carbocycles. The second-order valence-corrected chi connectivity index (χ2v) is 2.74. The van der Waals surface area contributed by atoms with Crippen LogP contribution < -0.4 is 5.32 Å². The van der Waals surface area contributed by atoms with Crippen molar-refractivity contribution in [3.8, 4) is 0 Å². The molecule has 0 bridgehead atoms. The molecule has 2 N–H and O–H groups in total. The van der Waals surface area contributed by atoms with E-state index in [0.717, 1.165) is 0 Å². The van der Waals surface area contributed by atoms with E-state index >= 15 is 0 Å². The number of carboxylic acids is 1. The topological polar surface area (TPSA) is 83.5 Å². The lowest BCUT2D eigenvalue weighted by Crippen LogP contribution is -2.22. The molecule has 1 aliphatic rings. The summed E-state index contributed by atoms with van der Waals surface area (Å²) < 4.78 is 0. The summed E-state index contributed by atoms with van der Waals surface area (Å²) in [4.78, 5) is 31.7. The van der Waals surface area contributed by atoms with Gasteiger partial charge in [-0.3, -0.25) is 19.7 Å². The van der Waals surface area contributed by atoms with E-state index in [1.54, 1.807) is 0 Å². The molecule has 0 saturated carbocycles. The Kier molecular flexibility index (Phi) is 2.79. The highest BCUT2D eigenvalue weighted by atomic mass is 16.4. The molecule has 1 heterocycles. The highest BCUT2D eigenvalue weighted by Gasteiger charge is 2.19. The molecule has 13 heavy (non-hydrogen) atoms. The standard InChI is InChI=1S/C8H9NO4/c10-6-4-5(8(13)9-6)2-1-3-7(11)12/h4H,1-3H2,(H,11,12)(H,9,10,13). The van der Waals surface area contributed by atoms with Crippen LogP contribution in [0.1, 0.15) is 19.3 Å². The number of carboxylic acid groups (broad SMARTS) is 1. The van der Waals surface area contributed by atoms with E-state index in [-0.39, 0.29) is 6.42 Å². The molecule has 0 spiro atoms. The molecule has 5 nitrogen and oxygen atoms in total. The Hall–Kier alpha value is -1.65. The van der Waals surface area contributed by atoms with Crippen molar-refractivity contribution in [2.24, 2.45) is 0 Å². The molecule has 5 heteroatoms. The van der Waals surface area contributed by atoms with Gasteiger partial charge < -0.3 is 5.11 Å². The monoisotopic (exact) mass is 183 g/mol. The van der Waals surface area contributed by atoms with Crippen molar-refractivity contribution in [3.63, 3.8) is 0 Å². The summed E-state index contributed by atoms with van der Waals surface area (Å²) in [6.07, 6.45) is 1.94. The van der Waals surface area contributed by atoms with Crippen molar-refractivity contribution < 1.29 is 19.5 Å². The second-order valence-electron chi connectivity index (χ2n) is 2.74. The van der Waals surface area contributed by atoms with Crippen LogP contribution in [0.5, 0.6) is 0 Å². The Bertz CT molecular complexity index is 293. The van der Waals surface area contributed by atoms with Crippen LogP contribution in [0.25, 0.3) is 0 Å². The average molecular weight is 183 g/mol. The molecule has 0 aromatic heterocycles. The smallest absolute Gasteiger partial charge is 0.303 e. The molecule has 0 unspecified atom stereocenters. The van der Waals surface area contributed by atoms with Gasteiger partial charge in [-0.15, -0.1) is 0 Å². The fourth-order valence-corrected chi connectivity index (χ4v) is 1.07. The molecular formula is C8H9NO4. The van der Waals surface area contributed by atoms with Crippen LogP contribution in [-0.4, -0.2) is 22.9 Å². The maximum atomic E-state index is 10.9. The summed E-state index contributed by atoms with van der Waals surface area (Å²) in [7, 11) is 0. The molecule has 0 radical (unpaired) electrons. The summed E-state index contributed by atoms with van der Waals surface area (Å²) >= 11 is 0. The van der Waals surface area contributed by atoms with Crippen LogP contribution in [0.2, 0.25) is 0 Å². The van der Waals surface area contributed by atoms with E-state index in [1.807, 2.05) is 0 Å². The van der Waals surface area contributed by atoms with Crippen LogP contribution in [0.3, 0.4) is 0 Å². The fraction of sp³-hybridized carbons (Fsp3) is 0.375. The van der Waals surface area contributed by atoms with Crippen molar-refractivity contribution in [2.75, 3.05) is 0 Å². The van der Waals surface area contributed by atoms with Gasteiger partial charge in [-0.1, -0.05) is 0 Å². The Morgan fingerprint density at radius 2 is 2.15 bits per heavy atom. The predicted molar refractivity (Wildman–Crippen MR) is 42.7 cm³/mol. The number of hydrogen-bond acceptors (Lipinski definition) is 3. The van der Waals surface area contributed by atoms with Gasteiger partial charge in [-0.05, 0) is 12.8 Å². The van der Waals surface area contributed by atoms with Crippen LogP contribution in [0, 0.1) is 0 Å². The average Bonchev–Trinajstić information content (AvgIpc) is 2.29. The lowest BCUT2D eigenvalue weighted by Gasteiger charge is -1.96. The third-order valence-electron chi connectivity index (χ3n) is 1.67. The van der Waals surface area contributed by atoms with Gasteiger partial charge in [-0.2, -0.15) is 0 Å². The minimum Gasteiger partial charge on any atom is -0.481 e. The fourth-order valence-electron chi connectivity index (χ4n) is 1.07. The summed E-state index contributed by atoms with van der Waals surface area (Å²) in [5, 5.41) is 10.4. The van der Waals surface area contributed by atoms with Gasteiger partial charge in [0.25, 0.3) is 11.8 Å². The Morgan fingerprint density at radius 3 is 2.62 bits per heavy atom. The molecule has 70 valence electrons. The molecule has 0 saturated heterocycles. The Balaban J connectivity index is 2.37. The SMILES string of the molecule is O=C(O)CCCC1=CC(=O)NC1=O. The molecule has 2 amide bonds. The quantitative estimate of drug-likeness (QED) is 0.592. The van der Waals surface area contributed by atoms with Gasteiger partial charge in [-0.25, -0.2) is 0 Å². The number of rotatable bonds is 4. The van der Waals surface area contributed by atoms with Gasteiger partial charge in [0, 0.05) is 18.1 Å². The third-order valence-corrected chi connectivity index (χ3v) is 1.67. The van der Waals surface area contributed by atoms with Crippen molar-refractivity contribution >= 4 is 17.8 Å². The lowest BCUT2D eigenvalue weighted by molar-refractivity contribution is -0.137. The first kappa shape index (κ1) is 9.44. The maximum absolute atomic E-state index is 10.9. The van der Waals surface area contributed by atoms with Gasteiger partial charge in [0.05, 0.1) is 0 Å². The van der Waals surface area contributed by atoms with Gasteiger partial charge in [0.1, 0.15) is 0 Å². The van der Waals surface area contributed by atoms with Crippen molar-refractivity contribution in [1.29, 1.82) is 0 Å². The number of imide groups is 1. The predicted octanol–water partition coefficient (Wildman–Crippen LogP) is -0.176. The van der Waals surface area contributed by atoms with Crippen molar-refractivity contribution in [1.82, 2.24) is 5.32 Å². The number of carbonyl (C=O) groups is 3. The molecule has 0 aromatic carbocycles. The van der Waals surface area contributed by atoms with Gasteiger partial charge in [0.2, 0.25) is 0 Å². The molecule has 1 aliphatic heterocycles. The number of amides is 2. The van der Waals surface area contributed by atoms with E-state index in [9.17, 15) is 14.4 Å². The zero-order valence-corrected chi connectivity index (χ0v) is 6.87. The van der Waals surface area contributed by atoms with E-state index in [1.165, 1.54) is 6.08 Å². The molecule has 1 rings (SSSR count). The Labute approximate surface area is 74.4 Å². The lowest BCUT2D eigenvalue weighted by atomic mass is 10.1. The van der Waals surface area contributed by atoms with E-state index in [0.29, 0.717) is 18.4 Å². The van der Waals surface area contributed by atoms with E-state index in [4.69, 9.17) is 5.11 Å². The van der Waals surface area contributed by atoms with Crippen molar-refractivity contribution in [2.45, 2.75) is 19.3 Å². The first-order valence-electron chi connectivity index (χ1n) is 3.87. The summed E-state index contributed by atoms with van der Waals surface area (Å²) in [5.41, 5.74) is 0.367. The summed E-state index contributed by atoms with van der Waals surface area (Å²) in [5.74, 6) is -1.73. The van der Waals surface area contributed by atoms with Gasteiger partial charge >= 0.3 is 5.97 Å². The second kappa shape index (κ2) is 3.84. The minimum atomic E-state index is -0.898. The minimum absolute atomic E-state index is 0.0127. The molecule has 0 aromatic rings. The zero-order valence-electron chi connectivity index (χ0n) is 6.87. The zero-order chi connectivity index (χ0) is 9.84. The Morgan fingerprint density at radius 1 is 1.46 bits per heavy atom. The first-order chi connectivity index (χ1) is 6.09. The largest absolute Gasteiger partial charge is 0.481 e. The van der Waals surface area contributed by atoms with Crippen LogP contribution in [0.15, 0.2) is 11.6 Å². The summed E-state index contributed by atoms with van der Waals surface area (Å²) in [6.45, 7) is 0. The molecule has 0 atom stereocenters. The van der Waals surface area contributed by atoms with E-state index in [2.05, 4.69) is 5.32 Å². The molecular weight excluding hydrogens is 174 g/mol.